The molecule has 6 heteroatoms. The van der Waals surface area contributed by atoms with Gasteiger partial charge < -0.3 is 23.7 Å². The van der Waals surface area contributed by atoms with Crippen molar-refractivity contribution in [1.82, 2.24) is 0 Å². The standard InChI is InChI=1S/C16H20O6/c1-10(17)21-13-7-14-15(19-8-13)9-20-16(22-14)11-3-5-12(18-2)6-4-11/h3-6,13-16H,7-9H2,1-2H3/t13-,14+,15-,16?/m1/s1/i8D/t8-,13+,14-,15+,16?/m0. The van der Waals surface area contributed by atoms with E-state index in [1.165, 1.54) is 6.92 Å². The molecule has 2 heterocycles. The summed E-state index contributed by atoms with van der Waals surface area (Å²) in [5.74, 6) is 0.337. The predicted octanol–water partition coefficient (Wildman–Crippen LogP) is 1.83. The number of hydrogen-bond donors (Lipinski definition) is 0. The first kappa shape index (κ1) is 14.0. The smallest absolute Gasteiger partial charge is 0.302 e. The fraction of sp³-hybridized carbons (Fsp3) is 0.562. The normalized spacial score (nSPS) is 35.2. The molecule has 0 radical (unpaired) electrons. The van der Waals surface area contributed by atoms with Gasteiger partial charge in [-0.05, 0) is 12.1 Å². The Labute approximate surface area is 130 Å². The molecule has 2 fully saturated rings. The van der Waals surface area contributed by atoms with Gasteiger partial charge in [-0.3, -0.25) is 4.79 Å². The van der Waals surface area contributed by atoms with Crippen molar-refractivity contribution >= 4 is 5.97 Å². The van der Waals surface area contributed by atoms with Crippen LogP contribution >= 0.6 is 0 Å². The Hall–Kier alpha value is -1.63. The maximum Gasteiger partial charge on any atom is 0.302 e. The molecule has 1 unspecified atom stereocenters. The topological polar surface area (TPSA) is 63.2 Å². The van der Waals surface area contributed by atoms with Crippen molar-refractivity contribution in [3.8, 4) is 5.75 Å². The lowest BCUT2D eigenvalue weighted by Gasteiger charge is -2.41. The molecule has 0 N–H and O–H groups in total. The summed E-state index contributed by atoms with van der Waals surface area (Å²) in [5, 5.41) is 0. The summed E-state index contributed by atoms with van der Waals surface area (Å²) in [6.45, 7) is 0.748. The molecule has 0 aromatic heterocycles. The van der Waals surface area contributed by atoms with Gasteiger partial charge in [-0.25, -0.2) is 0 Å². The van der Waals surface area contributed by atoms with Crippen molar-refractivity contribution in [2.24, 2.45) is 0 Å². The van der Waals surface area contributed by atoms with Gasteiger partial charge in [0.15, 0.2) is 6.29 Å². The molecule has 2 saturated heterocycles. The van der Waals surface area contributed by atoms with Gasteiger partial charge in [0.25, 0.3) is 0 Å². The minimum atomic E-state index is -0.912. The van der Waals surface area contributed by atoms with Crippen molar-refractivity contribution in [3.05, 3.63) is 29.8 Å². The van der Waals surface area contributed by atoms with Gasteiger partial charge in [0.1, 0.15) is 18.0 Å². The van der Waals surface area contributed by atoms with Crippen molar-refractivity contribution in [2.45, 2.75) is 37.9 Å². The second kappa shape index (κ2) is 6.64. The summed E-state index contributed by atoms with van der Waals surface area (Å²) in [6.07, 6.45) is -1.30. The van der Waals surface area contributed by atoms with E-state index in [0.717, 1.165) is 11.3 Å². The zero-order chi connectivity index (χ0) is 16.4. The molecule has 1 aromatic carbocycles. The summed E-state index contributed by atoms with van der Waals surface area (Å²) in [6, 6.07) is 7.44. The molecule has 0 saturated carbocycles. The molecule has 0 spiro atoms. The highest BCUT2D eigenvalue weighted by atomic mass is 16.7. The first-order valence-corrected chi connectivity index (χ1v) is 7.22. The first-order chi connectivity index (χ1) is 11.1. The average molecular weight is 309 g/mol. The highest BCUT2D eigenvalue weighted by Crippen LogP contribution is 2.33. The van der Waals surface area contributed by atoms with Crippen LogP contribution in [-0.4, -0.2) is 44.6 Å². The van der Waals surface area contributed by atoms with Gasteiger partial charge in [0.2, 0.25) is 0 Å². The number of hydrogen-bond acceptors (Lipinski definition) is 6. The highest BCUT2D eigenvalue weighted by Gasteiger charge is 2.39. The van der Waals surface area contributed by atoms with Crippen LogP contribution in [0.5, 0.6) is 5.75 Å². The fourth-order valence-electron chi connectivity index (χ4n) is 2.61. The number of methoxy groups -OCH3 is 1. The van der Waals surface area contributed by atoms with Gasteiger partial charge in [-0.2, -0.15) is 0 Å². The largest absolute Gasteiger partial charge is 0.497 e. The number of fused-ring (bicyclic) bond motifs is 1. The lowest BCUT2D eigenvalue weighted by atomic mass is 10.0. The zero-order valence-corrected chi connectivity index (χ0v) is 12.6. The lowest BCUT2D eigenvalue weighted by molar-refractivity contribution is -0.289. The summed E-state index contributed by atoms with van der Waals surface area (Å²) in [7, 11) is 1.61. The van der Waals surface area contributed by atoms with E-state index in [1.54, 1.807) is 7.11 Å². The monoisotopic (exact) mass is 309 g/mol. The second-order valence-corrected chi connectivity index (χ2v) is 5.31. The molecule has 0 bridgehead atoms. The lowest BCUT2D eigenvalue weighted by Crippen LogP contribution is -2.49. The molecule has 0 aliphatic carbocycles. The van der Waals surface area contributed by atoms with E-state index in [2.05, 4.69) is 0 Å². The number of carbonyl (C=O) groups is 1. The third-order valence-electron chi connectivity index (χ3n) is 3.70. The van der Waals surface area contributed by atoms with Crippen molar-refractivity contribution in [3.63, 3.8) is 0 Å². The van der Waals surface area contributed by atoms with E-state index in [9.17, 15) is 4.79 Å². The molecular weight excluding hydrogens is 288 g/mol. The molecule has 120 valence electrons. The van der Waals surface area contributed by atoms with Crippen LogP contribution in [0.15, 0.2) is 24.3 Å². The SMILES string of the molecule is [2H][C@@H]1O[C@@H]2COC(c3ccc(OC)cc3)O[C@H]2C[C@H]1OC(C)=O. The number of rotatable bonds is 3. The highest BCUT2D eigenvalue weighted by molar-refractivity contribution is 5.66. The van der Waals surface area contributed by atoms with Crippen LogP contribution in [0.2, 0.25) is 0 Å². The van der Waals surface area contributed by atoms with Crippen molar-refractivity contribution in [2.75, 3.05) is 20.3 Å². The Morgan fingerprint density at radius 3 is 2.73 bits per heavy atom. The maximum atomic E-state index is 11.1. The van der Waals surface area contributed by atoms with E-state index >= 15 is 0 Å². The van der Waals surface area contributed by atoms with Crippen LogP contribution in [0.1, 0.15) is 26.6 Å². The van der Waals surface area contributed by atoms with Crippen LogP contribution < -0.4 is 4.74 Å². The number of ether oxygens (including phenoxy) is 5. The van der Waals surface area contributed by atoms with Crippen LogP contribution in [0.25, 0.3) is 0 Å². The predicted molar refractivity (Wildman–Crippen MR) is 76.5 cm³/mol. The Kier molecular flexibility index (Phi) is 4.23. The molecule has 0 amide bonds. The van der Waals surface area contributed by atoms with Crippen LogP contribution in [0.3, 0.4) is 0 Å². The third-order valence-corrected chi connectivity index (χ3v) is 3.70. The summed E-state index contributed by atoms with van der Waals surface area (Å²) in [4.78, 5) is 11.1. The molecule has 1 aromatic rings. The van der Waals surface area contributed by atoms with Gasteiger partial charge in [-0.1, -0.05) is 12.1 Å². The number of esters is 1. The minimum absolute atomic E-state index is 0.276. The average Bonchev–Trinajstić information content (AvgIpc) is 2.55. The first-order valence-electron chi connectivity index (χ1n) is 7.80. The summed E-state index contributed by atoms with van der Waals surface area (Å²) >= 11 is 0. The van der Waals surface area contributed by atoms with Gasteiger partial charge in [0, 0.05) is 18.9 Å². The Bertz CT molecular complexity index is 548. The van der Waals surface area contributed by atoms with Crippen LogP contribution in [0, 0.1) is 0 Å². The molecule has 2 aliphatic heterocycles. The number of carbonyl (C=O) groups excluding carboxylic acids is 1. The molecule has 5 atom stereocenters. The molecule has 3 rings (SSSR count). The summed E-state index contributed by atoms with van der Waals surface area (Å²) in [5.41, 5.74) is 0.876. The Balaban J connectivity index is 1.66. The van der Waals surface area contributed by atoms with Gasteiger partial charge in [0.05, 0.1) is 27.8 Å². The molecule has 6 nitrogen and oxygen atoms in total. The van der Waals surface area contributed by atoms with E-state index in [4.69, 9.17) is 25.1 Å². The van der Waals surface area contributed by atoms with Crippen molar-refractivity contribution < 1.29 is 29.8 Å². The minimum Gasteiger partial charge on any atom is -0.497 e. The Morgan fingerprint density at radius 1 is 1.27 bits per heavy atom. The zero-order valence-electron chi connectivity index (χ0n) is 13.6. The van der Waals surface area contributed by atoms with E-state index < -0.39 is 24.9 Å². The van der Waals surface area contributed by atoms with Crippen LogP contribution in [-0.2, 0) is 23.7 Å². The fourth-order valence-corrected chi connectivity index (χ4v) is 2.61. The van der Waals surface area contributed by atoms with Crippen LogP contribution in [0.4, 0.5) is 0 Å². The van der Waals surface area contributed by atoms with Crippen molar-refractivity contribution in [1.29, 1.82) is 0 Å². The van der Waals surface area contributed by atoms with E-state index in [-0.39, 0.29) is 12.2 Å². The van der Waals surface area contributed by atoms with E-state index in [1.807, 2.05) is 24.3 Å². The van der Waals surface area contributed by atoms with Gasteiger partial charge in [-0.15, -0.1) is 0 Å². The molecule has 2 aliphatic rings. The second-order valence-electron chi connectivity index (χ2n) is 5.31. The number of benzene rings is 1. The maximum absolute atomic E-state index is 11.1. The van der Waals surface area contributed by atoms with E-state index in [0.29, 0.717) is 13.0 Å². The van der Waals surface area contributed by atoms with Gasteiger partial charge >= 0.3 is 5.97 Å². The quantitative estimate of drug-likeness (QED) is 0.794. The molecular formula is C16H20O6. The third kappa shape index (κ3) is 3.40. The summed E-state index contributed by atoms with van der Waals surface area (Å²) < 4.78 is 35.3. The Morgan fingerprint density at radius 2 is 2.05 bits per heavy atom. The molecule has 22 heavy (non-hydrogen) atoms.